The molecular weight excluding hydrogens is 699 g/mol. The Hall–Kier alpha value is -3.90. The minimum Gasteiger partial charge on any atom is -0.423 e. The first-order valence-corrected chi connectivity index (χ1v) is 13.1. The highest BCUT2D eigenvalue weighted by atomic mass is 79.9. The molecule has 252 valence electrons. The number of aromatic nitrogens is 4. The number of nitrogens with zero attached hydrogens (tertiary/aromatic N) is 4. The lowest BCUT2D eigenvalue weighted by Crippen LogP contribution is -2.32. The summed E-state index contributed by atoms with van der Waals surface area (Å²) < 4.78 is 103. The second-order valence-corrected chi connectivity index (χ2v) is 9.25. The number of carbonyl (C=O) groups is 2. The van der Waals surface area contributed by atoms with Gasteiger partial charge in [0.05, 0.1) is 5.56 Å². The Labute approximate surface area is 268 Å². The van der Waals surface area contributed by atoms with Crippen molar-refractivity contribution in [1.82, 2.24) is 19.1 Å². The van der Waals surface area contributed by atoms with Gasteiger partial charge < -0.3 is 19.2 Å². The molecule has 0 bridgehead atoms. The van der Waals surface area contributed by atoms with E-state index in [9.17, 15) is 44.7 Å². The quantitative estimate of drug-likeness (QED) is 0.128. The molecule has 18 heteroatoms. The minimum absolute atomic E-state index is 0. The largest absolute Gasteiger partial charge is 0.491 e. The second kappa shape index (κ2) is 17.7. The van der Waals surface area contributed by atoms with E-state index < -0.39 is 42.5 Å². The zero-order valence-corrected chi connectivity index (χ0v) is 24.3. The summed E-state index contributed by atoms with van der Waals surface area (Å²) in [5.41, 5.74) is -1.98. The van der Waals surface area contributed by atoms with Gasteiger partial charge in [0.25, 0.3) is 0 Å². The van der Waals surface area contributed by atoms with Gasteiger partial charge in [-0.1, -0.05) is 33.1 Å². The van der Waals surface area contributed by atoms with Crippen molar-refractivity contribution in [3.8, 4) is 11.4 Å². The van der Waals surface area contributed by atoms with Gasteiger partial charge >= 0.3 is 19.5 Å². The molecule has 8 nitrogen and oxygen atoms in total. The van der Waals surface area contributed by atoms with Gasteiger partial charge in [0.2, 0.25) is 0 Å². The Morgan fingerprint density at radius 1 is 0.783 bits per heavy atom. The predicted molar refractivity (Wildman–Crippen MR) is 159 cm³/mol. The maximum Gasteiger partial charge on any atom is 0.491 e. The van der Waals surface area contributed by atoms with E-state index in [1.165, 1.54) is 27.3 Å². The maximum absolute atomic E-state index is 13.9. The van der Waals surface area contributed by atoms with Crippen LogP contribution in [0.2, 0.25) is 0 Å². The van der Waals surface area contributed by atoms with Crippen LogP contribution in [-0.4, -0.2) is 48.8 Å². The third-order valence-corrected chi connectivity index (χ3v) is 6.21. The number of alkyl halides is 6. The summed E-state index contributed by atoms with van der Waals surface area (Å²) in [7, 11) is -1.84. The number of halogens is 9. The van der Waals surface area contributed by atoms with Crippen molar-refractivity contribution >= 4 is 41.1 Å². The van der Waals surface area contributed by atoms with Crippen LogP contribution in [0.4, 0.5) is 35.1 Å². The lowest BCUT2D eigenvalue weighted by molar-refractivity contribution is -0.141. The number of rotatable bonds is 6. The molecule has 0 radical (unpaired) electrons. The summed E-state index contributed by atoms with van der Waals surface area (Å²) in [6, 6.07) is 6.95. The molecule has 2 aromatic carbocycles. The van der Waals surface area contributed by atoms with Crippen molar-refractivity contribution in [2.45, 2.75) is 54.1 Å². The third kappa shape index (κ3) is 11.2. The Balaban J connectivity index is 0.000000681. The summed E-state index contributed by atoms with van der Waals surface area (Å²) in [6.45, 7) is 4.05. The van der Waals surface area contributed by atoms with Crippen molar-refractivity contribution in [3.05, 3.63) is 87.7 Å². The van der Waals surface area contributed by atoms with E-state index >= 15 is 0 Å². The number of imidazole rings is 2. The molecule has 4 aromatic rings. The van der Waals surface area contributed by atoms with E-state index in [4.69, 9.17) is 10.0 Å². The fourth-order valence-corrected chi connectivity index (χ4v) is 3.92. The molecule has 2 heterocycles. The number of carbonyl (C=O) groups excluding carboxylic acids is 2. The number of hydrogen-bond donors (Lipinski definition) is 2. The van der Waals surface area contributed by atoms with Gasteiger partial charge in [0.15, 0.2) is 16.1 Å². The van der Waals surface area contributed by atoms with Gasteiger partial charge in [-0.2, -0.15) is 26.3 Å². The van der Waals surface area contributed by atoms with E-state index in [0.29, 0.717) is 19.1 Å². The zero-order chi connectivity index (χ0) is 33.4. The van der Waals surface area contributed by atoms with Crippen molar-refractivity contribution in [2.75, 3.05) is 0 Å². The molecule has 0 aliphatic carbocycles. The molecular formula is C28H30BBrF8N4O4. The average molecular weight is 729 g/mol. The molecule has 0 aliphatic rings. The SMILES string of the molecule is C.C.CCn1cc(C(F)(F)F)nc1-c1ccc(C=O)cc1F.CCn1cc(C(F)(F)F)nc1Br.O=Cc1ccc(B(O)O)c(F)c1. The van der Waals surface area contributed by atoms with Crippen LogP contribution in [0.1, 0.15) is 60.8 Å². The van der Waals surface area contributed by atoms with E-state index in [0.717, 1.165) is 30.6 Å². The van der Waals surface area contributed by atoms with Gasteiger partial charge in [-0.25, -0.2) is 18.7 Å². The fraction of sp³-hybridized carbons (Fsp3) is 0.286. The van der Waals surface area contributed by atoms with E-state index in [1.807, 2.05) is 0 Å². The molecule has 2 N–H and O–H groups in total. The van der Waals surface area contributed by atoms with Gasteiger partial charge in [0, 0.05) is 42.1 Å². The molecule has 0 unspecified atom stereocenters. The van der Waals surface area contributed by atoms with E-state index in [-0.39, 0.29) is 54.1 Å². The van der Waals surface area contributed by atoms with Crippen LogP contribution >= 0.6 is 15.9 Å². The highest BCUT2D eigenvalue weighted by Crippen LogP contribution is 2.32. The lowest BCUT2D eigenvalue weighted by atomic mass is 9.79. The molecule has 0 spiro atoms. The normalized spacial score (nSPS) is 10.7. The van der Waals surface area contributed by atoms with Crippen LogP contribution in [0.15, 0.2) is 53.5 Å². The zero-order valence-electron chi connectivity index (χ0n) is 22.7. The first kappa shape index (κ1) is 42.1. The first-order chi connectivity index (χ1) is 20.5. The Morgan fingerprint density at radius 3 is 1.61 bits per heavy atom. The topological polar surface area (TPSA) is 110 Å². The third-order valence-electron chi connectivity index (χ3n) is 5.58. The Morgan fingerprint density at radius 2 is 1.24 bits per heavy atom. The van der Waals surface area contributed by atoms with Gasteiger partial charge in [-0.05, 0) is 48.0 Å². The predicted octanol–water partition coefficient (Wildman–Crippen LogP) is 6.81. The molecule has 0 aliphatic heterocycles. The Bertz CT molecular complexity index is 1590. The second-order valence-electron chi connectivity index (χ2n) is 8.54. The van der Waals surface area contributed by atoms with Crippen LogP contribution in [-0.2, 0) is 25.4 Å². The number of hydrogen-bond acceptors (Lipinski definition) is 6. The smallest absolute Gasteiger partial charge is 0.423 e. The summed E-state index contributed by atoms with van der Waals surface area (Å²) in [4.78, 5) is 27.4. The lowest BCUT2D eigenvalue weighted by Gasteiger charge is -2.05. The van der Waals surface area contributed by atoms with Crippen LogP contribution in [0.3, 0.4) is 0 Å². The molecule has 2 aromatic heterocycles. The van der Waals surface area contributed by atoms with E-state index in [1.54, 1.807) is 13.8 Å². The van der Waals surface area contributed by atoms with Gasteiger partial charge in [0.1, 0.15) is 30.0 Å². The van der Waals surface area contributed by atoms with Crippen LogP contribution in [0, 0.1) is 11.6 Å². The number of aryl methyl sites for hydroxylation is 2. The van der Waals surface area contributed by atoms with Crippen LogP contribution < -0.4 is 5.46 Å². The molecule has 4 rings (SSSR count). The summed E-state index contributed by atoms with van der Waals surface area (Å²) in [5.74, 6) is -1.70. The molecule has 0 amide bonds. The van der Waals surface area contributed by atoms with Crippen LogP contribution in [0.5, 0.6) is 0 Å². The number of aldehydes is 2. The Kier molecular flexibility index (Phi) is 16.2. The molecule has 0 saturated heterocycles. The average Bonchev–Trinajstić information content (AvgIpc) is 3.57. The van der Waals surface area contributed by atoms with Gasteiger partial charge in [-0.3, -0.25) is 9.59 Å². The molecule has 0 fully saturated rings. The minimum atomic E-state index is -4.59. The van der Waals surface area contributed by atoms with E-state index in [2.05, 4.69) is 25.9 Å². The molecule has 0 saturated carbocycles. The summed E-state index contributed by atoms with van der Waals surface area (Å²) in [6.07, 6.45) is -6.19. The molecule has 0 atom stereocenters. The maximum atomic E-state index is 13.9. The summed E-state index contributed by atoms with van der Waals surface area (Å²) in [5, 5.41) is 17.2. The highest BCUT2D eigenvalue weighted by Gasteiger charge is 2.35. The van der Waals surface area contributed by atoms with Crippen molar-refractivity contribution in [2.24, 2.45) is 0 Å². The highest BCUT2D eigenvalue weighted by molar-refractivity contribution is 9.10. The fourth-order valence-electron chi connectivity index (χ4n) is 3.37. The summed E-state index contributed by atoms with van der Waals surface area (Å²) >= 11 is 2.92. The molecule has 46 heavy (non-hydrogen) atoms. The first-order valence-electron chi connectivity index (χ1n) is 12.3. The standard InChI is InChI=1S/C13H10F4N2O.C7H6BFO3.C6H6BrF3N2.2CH4/c1-2-19-6-11(13(15,16)17)18-12(19)9-4-3-8(7-20)5-10(9)14;9-7-3-5(4-10)1-2-6(7)8(11)12;1-2-12-3-4(6(8,9)10)11-5(12)7;;/h3-7H,2H2,1H3;1-4,11-12H;3H,2H2,1H3;2*1H4. The van der Waals surface area contributed by atoms with Crippen molar-refractivity contribution in [1.29, 1.82) is 0 Å². The number of benzene rings is 2. The monoisotopic (exact) mass is 728 g/mol. The van der Waals surface area contributed by atoms with Crippen molar-refractivity contribution < 1.29 is 54.8 Å². The van der Waals surface area contributed by atoms with Gasteiger partial charge in [-0.15, -0.1) is 0 Å². The van der Waals surface area contributed by atoms with Crippen LogP contribution in [0.25, 0.3) is 11.4 Å². The van der Waals surface area contributed by atoms with Crippen molar-refractivity contribution in [3.63, 3.8) is 0 Å².